The Balaban J connectivity index is 1.67. The van der Waals surface area contributed by atoms with Gasteiger partial charge in [0, 0.05) is 6.04 Å². The zero-order valence-electron chi connectivity index (χ0n) is 14.3. The second-order valence-corrected chi connectivity index (χ2v) is 5.89. The Hall–Kier alpha value is -3.35. The summed E-state index contributed by atoms with van der Waals surface area (Å²) in [6.07, 6.45) is 1.38. The number of pyridine rings is 1. The van der Waals surface area contributed by atoms with Crippen molar-refractivity contribution >= 4 is 17.4 Å². The summed E-state index contributed by atoms with van der Waals surface area (Å²) in [5.41, 5.74) is 0.793. The molecule has 1 unspecified atom stereocenters. The van der Waals surface area contributed by atoms with E-state index in [4.69, 9.17) is 0 Å². The third-order valence-corrected chi connectivity index (χ3v) is 3.97. The van der Waals surface area contributed by atoms with Crippen molar-refractivity contribution in [2.24, 2.45) is 0 Å². The standard InChI is InChI=1S/C20H16F3N3O/c1-12(13-5-3-2-4-6-13)25-17-10-7-14(11-24-17)26-20(27)15-8-9-16(21)19(23)18(15)22/h2-12H,1H3,(H,24,25)(H,26,27). The van der Waals surface area contributed by atoms with Gasteiger partial charge in [0.2, 0.25) is 0 Å². The van der Waals surface area contributed by atoms with Gasteiger partial charge in [-0.1, -0.05) is 30.3 Å². The normalized spacial score (nSPS) is 11.7. The largest absolute Gasteiger partial charge is 0.364 e. The highest BCUT2D eigenvalue weighted by molar-refractivity contribution is 6.04. The van der Waals surface area contributed by atoms with Crippen molar-refractivity contribution in [1.82, 2.24) is 4.98 Å². The molecule has 0 aliphatic carbocycles. The van der Waals surface area contributed by atoms with Crippen molar-refractivity contribution < 1.29 is 18.0 Å². The van der Waals surface area contributed by atoms with E-state index < -0.39 is 28.9 Å². The summed E-state index contributed by atoms with van der Waals surface area (Å²) >= 11 is 0. The highest BCUT2D eigenvalue weighted by Gasteiger charge is 2.19. The number of hydrogen-bond donors (Lipinski definition) is 2. The Labute approximate surface area is 154 Å². The molecule has 0 radical (unpaired) electrons. The van der Waals surface area contributed by atoms with Crippen LogP contribution in [0.5, 0.6) is 0 Å². The lowest BCUT2D eigenvalue weighted by atomic mass is 10.1. The van der Waals surface area contributed by atoms with Gasteiger partial charge in [-0.05, 0) is 36.8 Å². The number of hydrogen-bond acceptors (Lipinski definition) is 3. The van der Waals surface area contributed by atoms with E-state index in [2.05, 4.69) is 15.6 Å². The summed E-state index contributed by atoms with van der Waals surface area (Å²) in [6.45, 7) is 1.98. The number of anilines is 2. The molecule has 0 saturated carbocycles. The molecule has 138 valence electrons. The van der Waals surface area contributed by atoms with Gasteiger partial charge < -0.3 is 10.6 Å². The van der Waals surface area contributed by atoms with Gasteiger partial charge in [-0.2, -0.15) is 0 Å². The molecule has 4 nitrogen and oxygen atoms in total. The smallest absolute Gasteiger partial charge is 0.258 e. The van der Waals surface area contributed by atoms with E-state index in [0.29, 0.717) is 17.6 Å². The number of aromatic nitrogens is 1. The average molecular weight is 371 g/mol. The maximum atomic E-state index is 13.7. The average Bonchev–Trinajstić information content (AvgIpc) is 2.68. The molecule has 1 amide bonds. The van der Waals surface area contributed by atoms with E-state index >= 15 is 0 Å². The molecule has 2 N–H and O–H groups in total. The van der Waals surface area contributed by atoms with Crippen molar-refractivity contribution in [3.8, 4) is 0 Å². The van der Waals surface area contributed by atoms with Crippen LogP contribution in [0.3, 0.4) is 0 Å². The molecule has 3 aromatic rings. The van der Waals surface area contributed by atoms with Crippen molar-refractivity contribution in [3.05, 3.63) is 89.4 Å². The maximum absolute atomic E-state index is 13.7. The summed E-state index contributed by atoms with van der Waals surface area (Å²) in [5, 5.41) is 5.62. The van der Waals surface area contributed by atoms with Gasteiger partial charge in [0.15, 0.2) is 17.5 Å². The van der Waals surface area contributed by atoms with Crippen LogP contribution in [0.2, 0.25) is 0 Å². The lowest BCUT2D eigenvalue weighted by molar-refractivity contribution is 0.102. The number of rotatable bonds is 5. The summed E-state index contributed by atoms with van der Waals surface area (Å²) in [5.74, 6) is -4.88. The molecular formula is C20H16F3N3O. The molecule has 1 atom stereocenters. The maximum Gasteiger partial charge on any atom is 0.258 e. The monoisotopic (exact) mass is 371 g/mol. The van der Waals surface area contributed by atoms with Gasteiger partial charge in [0.1, 0.15) is 5.82 Å². The Bertz CT molecular complexity index is 947. The Kier molecular flexibility index (Phi) is 5.40. The molecule has 3 rings (SSSR count). The van der Waals surface area contributed by atoms with Crippen molar-refractivity contribution in [2.75, 3.05) is 10.6 Å². The molecular weight excluding hydrogens is 355 g/mol. The predicted molar refractivity (Wildman–Crippen MR) is 97.0 cm³/mol. The van der Waals surface area contributed by atoms with Gasteiger partial charge in [0.05, 0.1) is 17.4 Å². The fourth-order valence-electron chi connectivity index (χ4n) is 2.50. The lowest BCUT2D eigenvalue weighted by Crippen LogP contribution is -2.15. The van der Waals surface area contributed by atoms with E-state index in [1.807, 2.05) is 37.3 Å². The number of carbonyl (C=O) groups is 1. The SMILES string of the molecule is CC(Nc1ccc(NC(=O)c2ccc(F)c(F)c2F)cn1)c1ccccc1. The molecule has 27 heavy (non-hydrogen) atoms. The van der Waals surface area contributed by atoms with Crippen molar-refractivity contribution in [2.45, 2.75) is 13.0 Å². The molecule has 0 fully saturated rings. The highest BCUT2D eigenvalue weighted by Crippen LogP contribution is 2.20. The quantitative estimate of drug-likeness (QED) is 0.626. The third kappa shape index (κ3) is 4.25. The van der Waals surface area contributed by atoms with E-state index in [9.17, 15) is 18.0 Å². The first-order chi connectivity index (χ1) is 13.0. The Morgan fingerprint density at radius 2 is 1.70 bits per heavy atom. The molecule has 0 bridgehead atoms. The van der Waals surface area contributed by atoms with Crippen LogP contribution in [0.25, 0.3) is 0 Å². The van der Waals surface area contributed by atoms with Crippen LogP contribution in [0.15, 0.2) is 60.8 Å². The molecule has 0 aliphatic heterocycles. The molecule has 0 spiro atoms. The second kappa shape index (κ2) is 7.90. The van der Waals surface area contributed by atoms with Gasteiger partial charge in [-0.3, -0.25) is 4.79 Å². The summed E-state index contributed by atoms with van der Waals surface area (Å²) in [4.78, 5) is 16.3. The number of carbonyl (C=O) groups excluding carboxylic acids is 1. The zero-order valence-corrected chi connectivity index (χ0v) is 14.3. The van der Waals surface area contributed by atoms with E-state index in [1.165, 1.54) is 6.20 Å². The predicted octanol–water partition coefficient (Wildman–Crippen LogP) is 4.92. The molecule has 2 aromatic carbocycles. The first kappa shape index (κ1) is 18.4. The fourth-order valence-corrected chi connectivity index (χ4v) is 2.50. The zero-order chi connectivity index (χ0) is 19.4. The first-order valence-corrected chi connectivity index (χ1v) is 8.18. The third-order valence-electron chi connectivity index (χ3n) is 3.97. The fraction of sp³-hybridized carbons (Fsp3) is 0.100. The van der Waals surface area contributed by atoms with Crippen LogP contribution in [0, 0.1) is 17.5 Å². The van der Waals surface area contributed by atoms with Crippen molar-refractivity contribution in [1.29, 1.82) is 0 Å². The summed E-state index contributed by atoms with van der Waals surface area (Å²) in [6, 6.07) is 14.6. The molecule has 1 heterocycles. The number of nitrogens with one attached hydrogen (secondary N) is 2. The second-order valence-electron chi connectivity index (χ2n) is 5.89. The van der Waals surface area contributed by atoms with Gasteiger partial charge in [-0.15, -0.1) is 0 Å². The number of benzene rings is 2. The minimum absolute atomic E-state index is 0.0235. The number of halogens is 3. The summed E-state index contributed by atoms with van der Waals surface area (Å²) in [7, 11) is 0. The van der Waals surface area contributed by atoms with E-state index in [0.717, 1.165) is 11.6 Å². The van der Waals surface area contributed by atoms with Gasteiger partial charge in [-0.25, -0.2) is 18.2 Å². The van der Waals surface area contributed by atoms with Crippen LogP contribution in [-0.2, 0) is 0 Å². The van der Waals surface area contributed by atoms with Crippen LogP contribution in [0.4, 0.5) is 24.7 Å². The van der Waals surface area contributed by atoms with E-state index in [1.54, 1.807) is 12.1 Å². The first-order valence-electron chi connectivity index (χ1n) is 8.18. The van der Waals surface area contributed by atoms with Crippen LogP contribution in [0.1, 0.15) is 28.9 Å². The van der Waals surface area contributed by atoms with Gasteiger partial charge in [0.25, 0.3) is 5.91 Å². The van der Waals surface area contributed by atoms with Crippen molar-refractivity contribution in [3.63, 3.8) is 0 Å². The van der Waals surface area contributed by atoms with E-state index in [-0.39, 0.29) is 6.04 Å². The number of amides is 1. The molecule has 7 heteroatoms. The molecule has 1 aromatic heterocycles. The minimum Gasteiger partial charge on any atom is -0.364 e. The topological polar surface area (TPSA) is 54.0 Å². The Morgan fingerprint density at radius 1 is 0.963 bits per heavy atom. The molecule has 0 aliphatic rings. The Morgan fingerprint density at radius 3 is 2.37 bits per heavy atom. The van der Waals surface area contributed by atoms with Crippen LogP contribution in [-0.4, -0.2) is 10.9 Å². The minimum atomic E-state index is -1.68. The van der Waals surface area contributed by atoms with Crippen LogP contribution < -0.4 is 10.6 Å². The van der Waals surface area contributed by atoms with Crippen LogP contribution >= 0.6 is 0 Å². The summed E-state index contributed by atoms with van der Waals surface area (Å²) < 4.78 is 39.9. The molecule has 0 saturated heterocycles. The number of nitrogens with zero attached hydrogens (tertiary/aromatic N) is 1. The van der Waals surface area contributed by atoms with Gasteiger partial charge >= 0.3 is 0 Å². The highest BCUT2D eigenvalue weighted by atomic mass is 19.2. The lowest BCUT2D eigenvalue weighted by Gasteiger charge is -2.15.